The molecule has 0 aromatic heterocycles. The third kappa shape index (κ3) is 3.30. The van der Waals surface area contributed by atoms with Gasteiger partial charge in [-0.3, -0.25) is 4.90 Å². The molecule has 3 rings (SSSR count). The number of halogens is 2. The summed E-state index contributed by atoms with van der Waals surface area (Å²) in [7, 11) is -0.655. The van der Waals surface area contributed by atoms with Gasteiger partial charge in [-0.05, 0) is 24.0 Å². The third-order valence-electron chi connectivity index (χ3n) is 4.59. The van der Waals surface area contributed by atoms with Crippen LogP contribution in [0.3, 0.4) is 0 Å². The molecule has 2 fully saturated rings. The Morgan fingerprint density at radius 3 is 2.33 bits per heavy atom. The zero-order valence-corrected chi connectivity index (χ0v) is 14.7. The van der Waals surface area contributed by atoms with Gasteiger partial charge in [0.2, 0.25) is 0 Å². The highest BCUT2D eigenvalue weighted by Gasteiger charge is 2.33. The second kappa shape index (κ2) is 6.40. The summed E-state index contributed by atoms with van der Waals surface area (Å²) in [6, 6.07) is 2.40. The van der Waals surface area contributed by atoms with Gasteiger partial charge in [0.05, 0.1) is 12.2 Å². The summed E-state index contributed by atoms with van der Waals surface area (Å²) >= 11 is 0. The van der Waals surface area contributed by atoms with Gasteiger partial charge in [-0.2, -0.15) is 0 Å². The van der Waals surface area contributed by atoms with E-state index in [1.807, 2.05) is 0 Å². The maximum absolute atomic E-state index is 14.6. The first-order valence-corrected chi connectivity index (χ1v) is 10.7. The fourth-order valence-electron chi connectivity index (χ4n) is 3.02. The number of nitrogens with zero attached hydrogens (tertiary/aromatic N) is 2. The molecule has 24 heavy (non-hydrogen) atoms. The van der Waals surface area contributed by atoms with E-state index >= 15 is 0 Å². The molecule has 5 nitrogen and oxygen atoms in total. The van der Waals surface area contributed by atoms with Crippen LogP contribution >= 0.6 is 10.0 Å². The van der Waals surface area contributed by atoms with Gasteiger partial charge in [-0.1, -0.05) is 0 Å². The quantitative estimate of drug-likeness (QED) is 0.898. The lowest BCUT2D eigenvalue weighted by Crippen LogP contribution is -2.39. The van der Waals surface area contributed by atoms with E-state index in [4.69, 9.17) is 10.5 Å². The maximum atomic E-state index is 14.6. The second-order valence-electron chi connectivity index (χ2n) is 6.77. The van der Waals surface area contributed by atoms with Crippen molar-refractivity contribution in [1.29, 1.82) is 0 Å². The fraction of sp³-hybridized carbons (Fsp3) is 0.562. The SMILES string of the molecule is CS1(C)CCN(c2c(F)cc(N3CC(CN)OC3=O)cc2F)CC1. The number of rotatable bonds is 3. The Bertz CT molecular complexity index is 623. The van der Waals surface area contributed by atoms with Crippen molar-refractivity contribution in [3.8, 4) is 0 Å². The van der Waals surface area contributed by atoms with Crippen molar-refractivity contribution in [3.05, 3.63) is 23.8 Å². The summed E-state index contributed by atoms with van der Waals surface area (Å²) in [6.07, 6.45) is 3.41. The van der Waals surface area contributed by atoms with Gasteiger partial charge in [0.25, 0.3) is 0 Å². The van der Waals surface area contributed by atoms with E-state index in [1.54, 1.807) is 4.90 Å². The van der Waals surface area contributed by atoms with Crippen LogP contribution in [0.15, 0.2) is 12.1 Å². The fourth-order valence-corrected chi connectivity index (χ4v) is 4.65. The standard InChI is InChI=1S/C16H23F2N3O2S/c1-24(2)5-3-20(4-6-24)15-13(17)7-11(8-14(15)18)21-10-12(9-19)23-16(21)22/h7-8,12H,3-6,9-10,19H2,1-2H3. The zero-order chi connectivity index (χ0) is 17.5. The minimum absolute atomic E-state index is 0.00316. The Balaban J connectivity index is 1.83. The van der Waals surface area contributed by atoms with Crippen molar-refractivity contribution < 1.29 is 18.3 Å². The molecule has 0 spiro atoms. The van der Waals surface area contributed by atoms with E-state index in [0.29, 0.717) is 13.1 Å². The number of hydrogen-bond donors (Lipinski definition) is 1. The van der Waals surface area contributed by atoms with E-state index in [1.165, 1.54) is 17.0 Å². The van der Waals surface area contributed by atoms with Crippen molar-refractivity contribution in [2.45, 2.75) is 6.10 Å². The molecule has 0 bridgehead atoms. The Hall–Kier alpha value is -1.54. The Morgan fingerprint density at radius 1 is 1.25 bits per heavy atom. The minimum Gasteiger partial charge on any atom is -0.443 e. The molecule has 2 heterocycles. The number of anilines is 2. The summed E-state index contributed by atoms with van der Waals surface area (Å²) in [5, 5.41) is 0. The average Bonchev–Trinajstić information content (AvgIpc) is 2.89. The molecule has 0 radical (unpaired) electrons. The number of hydrogen-bond acceptors (Lipinski definition) is 4. The first kappa shape index (κ1) is 17.3. The predicted molar refractivity (Wildman–Crippen MR) is 94.4 cm³/mol. The topological polar surface area (TPSA) is 58.8 Å². The van der Waals surface area contributed by atoms with Gasteiger partial charge in [0.1, 0.15) is 11.8 Å². The maximum Gasteiger partial charge on any atom is 0.414 e. The molecule has 2 saturated heterocycles. The molecular weight excluding hydrogens is 336 g/mol. The molecule has 1 unspecified atom stereocenters. The van der Waals surface area contributed by atoms with E-state index in [-0.39, 0.29) is 24.5 Å². The summed E-state index contributed by atoms with van der Waals surface area (Å²) < 4.78 is 34.2. The highest BCUT2D eigenvalue weighted by molar-refractivity contribution is 8.32. The number of nitrogens with two attached hydrogens (primary N) is 1. The molecule has 1 amide bonds. The van der Waals surface area contributed by atoms with Crippen LogP contribution in [0.2, 0.25) is 0 Å². The van der Waals surface area contributed by atoms with Crippen LogP contribution in [0, 0.1) is 11.6 Å². The van der Waals surface area contributed by atoms with Crippen molar-refractivity contribution >= 4 is 27.5 Å². The van der Waals surface area contributed by atoms with E-state index in [2.05, 4.69) is 12.5 Å². The first-order chi connectivity index (χ1) is 11.3. The monoisotopic (exact) mass is 359 g/mol. The van der Waals surface area contributed by atoms with Gasteiger partial charge < -0.3 is 15.4 Å². The summed E-state index contributed by atoms with van der Waals surface area (Å²) in [4.78, 5) is 14.8. The van der Waals surface area contributed by atoms with Crippen LogP contribution in [0.1, 0.15) is 0 Å². The molecule has 8 heteroatoms. The van der Waals surface area contributed by atoms with Gasteiger partial charge in [-0.25, -0.2) is 23.6 Å². The lowest BCUT2D eigenvalue weighted by Gasteiger charge is -2.42. The second-order valence-corrected chi connectivity index (χ2v) is 11.1. The summed E-state index contributed by atoms with van der Waals surface area (Å²) in [5.74, 6) is 0.626. The number of benzene rings is 1. The molecule has 0 aliphatic carbocycles. The highest BCUT2D eigenvalue weighted by Crippen LogP contribution is 2.43. The predicted octanol–water partition coefficient (Wildman–Crippen LogP) is 2.13. The normalized spacial score (nSPS) is 24.9. The number of carbonyl (C=O) groups is 1. The van der Waals surface area contributed by atoms with Crippen LogP contribution in [0.25, 0.3) is 0 Å². The number of amides is 1. The van der Waals surface area contributed by atoms with Gasteiger partial charge in [-0.15, -0.1) is 0 Å². The molecule has 1 atom stereocenters. The lowest BCUT2D eigenvalue weighted by atomic mass is 10.2. The first-order valence-electron chi connectivity index (χ1n) is 7.91. The molecule has 0 saturated carbocycles. The van der Waals surface area contributed by atoms with Gasteiger partial charge in [0.15, 0.2) is 11.6 Å². The molecule has 2 N–H and O–H groups in total. The molecule has 2 aliphatic rings. The summed E-state index contributed by atoms with van der Waals surface area (Å²) in [6.45, 7) is 1.68. The minimum atomic E-state index is -0.655. The van der Waals surface area contributed by atoms with E-state index in [0.717, 1.165) is 11.5 Å². The molecule has 2 aliphatic heterocycles. The molecule has 134 valence electrons. The van der Waals surface area contributed by atoms with Crippen molar-refractivity contribution in [2.75, 3.05) is 60.0 Å². The van der Waals surface area contributed by atoms with Crippen molar-refractivity contribution in [1.82, 2.24) is 0 Å². The Kier molecular flexibility index (Phi) is 4.61. The number of ether oxygens (including phenoxy) is 1. The van der Waals surface area contributed by atoms with Gasteiger partial charge >= 0.3 is 6.09 Å². The highest BCUT2D eigenvalue weighted by atomic mass is 32.3. The Labute approximate surface area is 142 Å². The van der Waals surface area contributed by atoms with Gasteiger partial charge in [0, 0.05) is 31.8 Å². The third-order valence-corrected chi connectivity index (χ3v) is 7.17. The number of carbonyl (C=O) groups excluding carboxylic acids is 1. The largest absolute Gasteiger partial charge is 0.443 e. The molecule has 1 aromatic carbocycles. The van der Waals surface area contributed by atoms with Crippen LogP contribution in [0.4, 0.5) is 25.0 Å². The lowest BCUT2D eigenvalue weighted by molar-refractivity contribution is 0.145. The van der Waals surface area contributed by atoms with E-state index in [9.17, 15) is 13.6 Å². The summed E-state index contributed by atoms with van der Waals surface area (Å²) in [5.41, 5.74) is 5.64. The Morgan fingerprint density at radius 2 is 1.83 bits per heavy atom. The molecular formula is C16H23F2N3O2S. The van der Waals surface area contributed by atoms with Crippen LogP contribution in [-0.4, -0.2) is 62.4 Å². The smallest absolute Gasteiger partial charge is 0.414 e. The average molecular weight is 359 g/mol. The van der Waals surface area contributed by atoms with Crippen molar-refractivity contribution in [2.24, 2.45) is 5.73 Å². The number of cyclic esters (lactones) is 1. The van der Waals surface area contributed by atoms with Crippen LogP contribution < -0.4 is 15.5 Å². The van der Waals surface area contributed by atoms with E-state index < -0.39 is 33.9 Å². The van der Waals surface area contributed by atoms with Crippen LogP contribution in [0.5, 0.6) is 0 Å². The van der Waals surface area contributed by atoms with Crippen LogP contribution in [-0.2, 0) is 4.74 Å². The molecule has 1 aromatic rings. The van der Waals surface area contributed by atoms with Crippen molar-refractivity contribution in [3.63, 3.8) is 0 Å². The zero-order valence-electron chi connectivity index (χ0n) is 13.9.